The van der Waals surface area contributed by atoms with Crippen LogP contribution in [0, 0.1) is 22.7 Å². The van der Waals surface area contributed by atoms with Gasteiger partial charge in [0.2, 0.25) is 5.91 Å². The Labute approximate surface area is 139 Å². The first-order valence-corrected chi connectivity index (χ1v) is 9.82. The van der Waals surface area contributed by atoms with Crippen LogP contribution >= 0.6 is 15.9 Å². The molecule has 0 aromatic carbocycles. The number of carbonyl (C=O) groups is 1. The molecule has 3 heteroatoms. The fourth-order valence-electron chi connectivity index (χ4n) is 4.12. The molecule has 2 aliphatic rings. The topological polar surface area (TPSA) is 29.1 Å². The maximum absolute atomic E-state index is 12.4. The van der Waals surface area contributed by atoms with Gasteiger partial charge in [-0.15, -0.1) is 0 Å². The molecule has 2 fully saturated rings. The standard InChI is InChI=1S/C18H32BrNO/c1-17(2,3)15-8-6-14(7-9-15)16(21)20-13-18(12-19)10-4-5-11-18/h14-15H,4-13H2,1-3H3,(H,20,21). The van der Waals surface area contributed by atoms with E-state index in [1.807, 2.05) is 0 Å². The van der Waals surface area contributed by atoms with Crippen molar-refractivity contribution in [1.29, 1.82) is 0 Å². The minimum Gasteiger partial charge on any atom is -0.355 e. The van der Waals surface area contributed by atoms with Crippen LogP contribution in [0.25, 0.3) is 0 Å². The monoisotopic (exact) mass is 357 g/mol. The van der Waals surface area contributed by atoms with Crippen molar-refractivity contribution in [2.75, 3.05) is 11.9 Å². The van der Waals surface area contributed by atoms with Gasteiger partial charge in [0, 0.05) is 17.8 Å². The van der Waals surface area contributed by atoms with Gasteiger partial charge in [-0.05, 0) is 55.3 Å². The number of halogens is 1. The van der Waals surface area contributed by atoms with E-state index in [1.165, 1.54) is 38.5 Å². The Morgan fingerprint density at radius 3 is 2.19 bits per heavy atom. The maximum atomic E-state index is 12.4. The molecule has 0 atom stereocenters. The summed E-state index contributed by atoms with van der Waals surface area (Å²) in [5, 5.41) is 4.30. The van der Waals surface area contributed by atoms with Crippen LogP contribution in [-0.4, -0.2) is 17.8 Å². The summed E-state index contributed by atoms with van der Waals surface area (Å²) >= 11 is 3.66. The molecule has 0 aromatic rings. The quantitative estimate of drug-likeness (QED) is 0.711. The number of rotatable bonds is 4. The molecule has 0 saturated heterocycles. The Morgan fingerprint density at radius 1 is 1.14 bits per heavy atom. The number of amides is 1. The van der Waals surface area contributed by atoms with Crippen molar-refractivity contribution < 1.29 is 4.79 Å². The lowest BCUT2D eigenvalue weighted by atomic mass is 9.69. The average molecular weight is 358 g/mol. The normalized spacial score (nSPS) is 29.3. The minimum atomic E-state index is 0.261. The van der Waals surface area contributed by atoms with Crippen LogP contribution in [0.3, 0.4) is 0 Å². The molecule has 122 valence electrons. The summed E-state index contributed by atoms with van der Waals surface area (Å²) in [6.07, 6.45) is 9.74. The van der Waals surface area contributed by atoms with E-state index < -0.39 is 0 Å². The Hall–Kier alpha value is -0.0500. The van der Waals surface area contributed by atoms with Crippen molar-refractivity contribution in [3.8, 4) is 0 Å². The van der Waals surface area contributed by atoms with Crippen molar-refractivity contribution in [3.05, 3.63) is 0 Å². The minimum absolute atomic E-state index is 0.261. The lowest BCUT2D eigenvalue weighted by Crippen LogP contribution is -2.41. The molecular weight excluding hydrogens is 326 g/mol. The first-order chi connectivity index (χ1) is 9.86. The zero-order valence-electron chi connectivity index (χ0n) is 14.0. The average Bonchev–Trinajstić information content (AvgIpc) is 2.93. The second-order valence-electron chi connectivity index (χ2n) is 8.47. The lowest BCUT2D eigenvalue weighted by molar-refractivity contribution is -0.127. The summed E-state index contributed by atoms with van der Waals surface area (Å²) in [7, 11) is 0. The van der Waals surface area contributed by atoms with Crippen molar-refractivity contribution in [2.45, 2.75) is 72.1 Å². The Balaban J connectivity index is 1.77. The SMILES string of the molecule is CC(C)(C)C1CCC(C(=O)NCC2(CBr)CCCC2)CC1. The zero-order chi connectivity index (χ0) is 15.5. The zero-order valence-corrected chi connectivity index (χ0v) is 15.6. The highest BCUT2D eigenvalue weighted by Crippen LogP contribution is 2.41. The highest BCUT2D eigenvalue weighted by Gasteiger charge is 2.35. The van der Waals surface area contributed by atoms with Gasteiger partial charge in [0.15, 0.2) is 0 Å². The van der Waals surface area contributed by atoms with Crippen molar-refractivity contribution >= 4 is 21.8 Å². The van der Waals surface area contributed by atoms with E-state index in [1.54, 1.807) is 0 Å². The van der Waals surface area contributed by atoms with Gasteiger partial charge in [-0.3, -0.25) is 4.79 Å². The number of nitrogens with one attached hydrogen (secondary N) is 1. The van der Waals surface area contributed by atoms with E-state index in [0.29, 0.717) is 16.7 Å². The highest BCUT2D eigenvalue weighted by molar-refractivity contribution is 9.09. The summed E-state index contributed by atoms with van der Waals surface area (Å²) in [5.41, 5.74) is 0.726. The van der Waals surface area contributed by atoms with Gasteiger partial charge >= 0.3 is 0 Å². The molecule has 0 radical (unpaired) electrons. The Morgan fingerprint density at radius 2 is 1.71 bits per heavy atom. The summed E-state index contributed by atoms with van der Waals surface area (Å²) in [6.45, 7) is 7.87. The van der Waals surface area contributed by atoms with E-state index in [0.717, 1.165) is 30.6 Å². The number of carbonyl (C=O) groups excluding carboxylic acids is 1. The van der Waals surface area contributed by atoms with Crippen LogP contribution in [0.15, 0.2) is 0 Å². The molecule has 0 bridgehead atoms. The van der Waals surface area contributed by atoms with Crippen molar-refractivity contribution in [3.63, 3.8) is 0 Å². The second kappa shape index (κ2) is 7.02. The Bertz CT molecular complexity index is 347. The van der Waals surface area contributed by atoms with Gasteiger partial charge in [-0.2, -0.15) is 0 Å². The number of hydrogen-bond acceptors (Lipinski definition) is 1. The molecule has 1 amide bonds. The maximum Gasteiger partial charge on any atom is 0.223 e. The molecule has 0 aliphatic heterocycles. The van der Waals surface area contributed by atoms with E-state index in [4.69, 9.17) is 0 Å². The van der Waals surface area contributed by atoms with Gasteiger partial charge < -0.3 is 5.32 Å². The van der Waals surface area contributed by atoms with Crippen LogP contribution in [0.5, 0.6) is 0 Å². The molecule has 21 heavy (non-hydrogen) atoms. The Kier molecular flexibility index (Phi) is 5.78. The predicted octanol–water partition coefficient (Wildman–Crippen LogP) is 4.91. The lowest BCUT2D eigenvalue weighted by Gasteiger charge is -2.37. The van der Waals surface area contributed by atoms with Gasteiger partial charge in [0.05, 0.1) is 0 Å². The van der Waals surface area contributed by atoms with E-state index in [9.17, 15) is 4.79 Å². The molecule has 0 aromatic heterocycles. The van der Waals surface area contributed by atoms with E-state index in [2.05, 4.69) is 42.0 Å². The van der Waals surface area contributed by atoms with Crippen molar-refractivity contribution in [2.24, 2.45) is 22.7 Å². The third kappa shape index (κ3) is 4.46. The largest absolute Gasteiger partial charge is 0.355 e. The second-order valence-corrected chi connectivity index (χ2v) is 9.03. The number of alkyl halides is 1. The van der Waals surface area contributed by atoms with Gasteiger partial charge in [0.1, 0.15) is 0 Å². The summed E-state index contributed by atoms with van der Waals surface area (Å²) < 4.78 is 0. The molecule has 1 N–H and O–H groups in total. The van der Waals surface area contributed by atoms with Crippen LogP contribution in [0.4, 0.5) is 0 Å². The molecule has 2 nitrogen and oxygen atoms in total. The van der Waals surface area contributed by atoms with Gasteiger partial charge in [-0.25, -0.2) is 0 Å². The molecule has 2 saturated carbocycles. The molecule has 2 aliphatic carbocycles. The summed E-state index contributed by atoms with van der Waals surface area (Å²) in [5.74, 6) is 1.36. The first-order valence-electron chi connectivity index (χ1n) is 8.70. The highest BCUT2D eigenvalue weighted by atomic mass is 79.9. The molecule has 0 unspecified atom stereocenters. The van der Waals surface area contributed by atoms with Crippen LogP contribution < -0.4 is 5.32 Å². The smallest absolute Gasteiger partial charge is 0.223 e. The molecule has 2 rings (SSSR count). The van der Waals surface area contributed by atoms with Crippen LogP contribution in [0.1, 0.15) is 72.1 Å². The third-order valence-corrected chi connectivity index (χ3v) is 7.10. The fourth-order valence-corrected chi connectivity index (χ4v) is 4.88. The first kappa shape index (κ1) is 17.3. The van der Waals surface area contributed by atoms with Gasteiger partial charge in [-0.1, -0.05) is 49.5 Å². The number of hydrogen-bond donors (Lipinski definition) is 1. The van der Waals surface area contributed by atoms with Gasteiger partial charge in [0.25, 0.3) is 0 Å². The summed E-state index contributed by atoms with van der Waals surface area (Å²) in [4.78, 5) is 12.4. The van der Waals surface area contributed by atoms with E-state index in [-0.39, 0.29) is 5.92 Å². The van der Waals surface area contributed by atoms with Crippen LogP contribution in [0.2, 0.25) is 0 Å². The fraction of sp³-hybridized carbons (Fsp3) is 0.944. The van der Waals surface area contributed by atoms with E-state index >= 15 is 0 Å². The third-order valence-electron chi connectivity index (χ3n) is 5.91. The molecule has 0 heterocycles. The summed E-state index contributed by atoms with van der Waals surface area (Å²) in [6, 6.07) is 0. The predicted molar refractivity (Wildman–Crippen MR) is 92.6 cm³/mol. The van der Waals surface area contributed by atoms with Crippen molar-refractivity contribution in [1.82, 2.24) is 5.32 Å². The molecule has 0 spiro atoms. The molecular formula is C18H32BrNO. The van der Waals surface area contributed by atoms with Crippen LogP contribution in [-0.2, 0) is 4.79 Å².